The van der Waals surface area contributed by atoms with Crippen LogP contribution in [0, 0.1) is 34.2 Å². The molecule has 1 amide bonds. The van der Waals surface area contributed by atoms with Crippen LogP contribution in [-0.2, 0) is 0 Å². The maximum absolute atomic E-state index is 13.1. The van der Waals surface area contributed by atoms with E-state index in [-0.39, 0.29) is 16.4 Å². The lowest BCUT2D eigenvalue weighted by Gasteiger charge is -2.07. The van der Waals surface area contributed by atoms with Gasteiger partial charge in [-0.1, -0.05) is 27.7 Å². The first kappa shape index (κ1) is 14.9. The van der Waals surface area contributed by atoms with Gasteiger partial charge in [0, 0.05) is 12.1 Å². The van der Waals surface area contributed by atoms with Crippen LogP contribution in [0.2, 0.25) is 0 Å². The lowest BCUT2D eigenvalue weighted by Crippen LogP contribution is -2.27. The smallest absolute Gasteiger partial charge is 0.251 e. The maximum Gasteiger partial charge on any atom is 0.251 e. The minimum Gasteiger partial charge on any atom is -0.352 e. The zero-order chi connectivity index (χ0) is 15.3. The van der Waals surface area contributed by atoms with Gasteiger partial charge in [0.1, 0.15) is 0 Å². The van der Waals surface area contributed by atoms with Crippen LogP contribution in [0.4, 0.5) is 13.2 Å². The van der Waals surface area contributed by atoms with E-state index < -0.39 is 23.4 Å². The summed E-state index contributed by atoms with van der Waals surface area (Å²) in [5, 5.41) is 2.65. The number of benzene rings is 1. The van der Waals surface area contributed by atoms with E-state index in [0.29, 0.717) is 24.6 Å². The minimum atomic E-state index is -1.56. The number of nitrogens with one attached hydrogen (secondary N) is 1. The molecule has 0 aromatic heterocycles. The highest BCUT2D eigenvalue weighted by atomic mass is 19.2. The molecule has 20 heavy (non-hydrogen) atoms. The number of rotatable bonds is 3. The fourth-order valence-corrected chi connectivity index (χ4v) is 2.83. The Kier molecular flexibility index (Phi) is 3.35. The van der Waals surface area contributed by atoms with Gasteiger partial charge in [-0.05, 0) is 28.9 Å². The van der Waals surface area contributed by atoms with Crippen molar-refractivity contribution >= 4 is 5.91 Å². The van der Waals surface area contributed by atoms with Crippen LogP contribution < -0.4 is 5.32 Å². The van der Waals surface area contributed by atoms with E-state index in [1.54, 1.807) is 0 Å². The van der Waals surface area contributed by atoms with Gasteiger partial charge in [-0.15, -0.1) is 0 Å². The molecule has 0 atom stereocenters. The first-order valence-corrected chi connectivity index (χ1v) is 6.51. The van der Waals surface area contributed by atoms with Crippen LogP contribution in [0.3, 0.4) is 0 Å². The highest BCUT2D eigenvalue weighted by Crippen LogP contribution is 2.67. The number of hydrogen-bond acceptors (Lipinski definition) is 1. The molecule has 5 heteroatoms. The van der Waals surface area contributed by atoms with E-state index in [9.17, 15) is 18.0 Å². The molecule has 2 rings (SSSR count). The Balaban J connectivity index is 2.04. The van der Waals surface area contributed by atoms with E-state index in [1.807, 2.05) is 0 Å². The SMILES string of the molecule is CC1(C)C(CNC(=O)c2cc(F)c(F)c(F)c2)C1(C)C. The molecule has 0 radical (unpaired) electrons. The van der Waals surface area contributed by atoms with E-state index in [2.05, 4.69) is 33.0 Å². The number of halogens is 3. The summed E-state index contributed by atoms with van der Waals surface area (Å²) in [7, 11) is 0. The largest absolute Gasteiger partial charge is 0.352 e. The Bertz CT molecular complexity index is 529. The third-order valence-electron chi connectivity index (χ3n) is 5.03. The van der Waals surface area contributed by atoms with Gasteiger partial charge < -0.3 is 5.32 Å². The van der Waals surface area contributed by atoms with E-state index in [4.69, 9.17) is 0 Å². The van der Waals surface area contributed by atoms with Crippen molar-refractivity contribution in [1.29, 1.82) is 0 Å². The predicted molar refractivity (Wildman–Crippen MR) is 69.7 cm³/mol. The third-order valence-corrected chi connectivity index (χ3v) is 5.03. The van der Waals surface area contributed by atoms with Crippen LogP contribution in [0.25, 0.3) is 0 Å². The zero-order valence-corrected chi connectivity index (χ0v) is 12.0. The van der Waals surface area contributed by atoms with E-state index >= 15 is 0 Å². The van der Waals surface area contributed by atoms with Crippen molar-refractivity contribution < 1.29 is 18.0 Å². The molecular weight excluding hydrogens is 267 g/mol. The number of amides is 1. The Morgan fingerprint density at radius 3 is 1.95 bits per heavy atom. The number of hydrogen-bond donors (Lipinski definition) is 1. The van der Waals surface area contributed by atoms with Crippen molar-refractivity contribution in [3.8, 4) is 0 Å². The molecular formula is C15H18F3NO. The van der Waals surface area contributed by atoms with Gasteiger partial charge in [-0.2, -0.15) is 0 Å². The van der Waals surface area contributed by atoms with E-state index in [1.165, 1.54) is 0 Å². The normalized spacial score (nSPS) is 19.8. The minimum absolute atomic E-state index is 0.111. The van der Waals surface area contributed by atoms with Crippen molar-refractivity contribution in [2.75, 3.05) is 6.54 Å². The molecule has 0 saturated heterocycles. The second-order valence-corrected chi connectivity index (χ2v) is 6.46. The molecule has 0 unspecified atom stereocenters. The predicted octanol–water partition coefficient (Wildman–Crippen LogP) is 3.52. The summed E-state index contributed by atoms with van der Waals surface area (Å²) < 4.78 is 38.9. The molecule has 1 aliphatic rings. The average molecular weight is 285 g/mol. The molecule has 0 aliphatic heterocycles. The summed E-state index contributed by atoms with van der Waals surface area (Å²) in [5.74, 6) is -4.58. The Labute approximate surface area is 116 Å². The van der Waals surface area contributed by atoms with Crippen molar-refractivity contribution in [1.82, 2.24) is 5.32 Å². The third kappa shape index (κ3) is 2.19. The van der Waals surface area contributed by atoms with Crippen molar-refractivity contribution in [2.45, 2.75) is 27.7 Å². The van der Waals surface area contributed by atoms with Crippen LogP contribution in [0.1, 0.15) is 38.1 Å². The molecule has 0 bridgehead atoms. The summed E-state index contributed by atoms with van der Waals surface area (Å²) >= 11 is 0. The highest BCUT2D eigenvalue weighted by Gasteiger charge is 2.64. The molecule has 1 saturated carbocycles. The van der Waals surface area contributed by atoms with Gasteiger partial charge in [0.2, 0.25) is 0 Å². The summed E-state index contributed by atoms with van der Waals surface area (Å²) in [6.07, 6.45) is 0. The van der Waals surface area contributed by atoms with Crippen LogP contribution in [0.5, 0.6) is 0 Å². The molecule has 1 aliphatic carbocycles. The fraction of sp³-hybridized carbons (Fsp3) is 0.533. The summed E-state index contributed by atoms with van der Waals surface area (Å²) in [5.41, 5.74) is 0.0109. The molecule has 1 aromatic carbocycles. The van der Waals surface area contributed by atoms with Crippen LogP contribution in [-0.4, -0.2) is 12.5 Å². The topological polar surface area (TPSA) is 29.1 Å². The number of carbonyl (C=O) groups is 1. The monoisotopic (exact) mass is 285 g/mol. The van der Waals surface area contributed by atoms with Crippen molar-refractivity contribution in [3.05, 3.63) is 35.1 Å². The molecule has 1 N–H and O–H groups in total. The average Bonchev–Trinajstić information content (AvgIpc) is 2.73. The zero-order valence-electron chi connectivity index (χ0n) is 12.0. The van der Waals surface area contributed by atoms with Gasteiger partial charge in [0.15, 0.2) is 17.5 Å². The lowest BCUT2D eigenvalue weighted by atomic mass is 10.0. The quantitative estimate of drug-likeness (QED) is 0.846. The molecule has 0 spiro atoms. The summed E-state index contributed by atoms with van der Waals surface area (Å²) in [6, 6.07) is 1.41. The second kappa shape index (κ2) is 4.50. The lowest BCUT2D eigenvalue weighted by molar-refractivity contribution is 0.0948. The van der Waals surface area contributed by atoms with Gasteiger partial charge in [-0.3, -0.25) is 4.79 Å². The Morgan fingerprint density at radius 1 is 1.10 bits per heavy atom. The van der Waals surface area contributed by atoms with Crippen molar-refractivity contribution in [3.63, 3.8) is 0 Å². The summed E-state index contributed by atoms with van der Waals surface area (Å²) in [6.45, 7) is 8.88. The molecule has 1 fully saturated rings. The van der Waals surface area contributed by atoms with Crippen LogP contribution in [0.15, 0.2) is 12.1 Å². The molecule has 2 nitrogen and oxygen atoms in total. The first-order chi connectivity index (χ1) is 9.09. The van der Waals surface area contributed by atoms with E-state index in [0.717, 1.165) is 0 Å². The highest BCUT2D eigenvalue weighted by molar-refractivity contribution is 5.94. The first-order valence-electron chi connectivity index (χ1n) is 6.51. The standard InChI is InChI=1S/C15H18F3NO/c1-14(2)11(15(14,3)4)7-19-13(20)8-5-9(16)12(18)10(17)6-8/h5-6,11H,7H2,1-4H3,(H,19,20). The van der Waals surface area contributed by atoms with Crippen molar-refractivity contribution in [2.24, 2.45) is 16.7 Å². The molecule has 0 heterocycles. The fourth-order valence-electron chi connectivity index (χ4n) is 2.83. The maximum atomic E-state index is 13.1. The Morgan fingerprint density at radius 2 is 1.55 bits per heavy atom. The summed E-state index contributed by atoms with van der Waals surface area (Å²) in [4.78, 5) is 11.8. The van der Waals surface area contributed by atoms with Gasteiger partial charge in [0.25, 0.3) is 5.91 Å². The second-order valence-electron chi connectivity index (χ2n) is 6.46. The molecule has 110 valence electrons. The molecule has 1 aromatic rings. The number of carbonyl (C=O) groups excluding carboxylic acids is 1. The van der Waals surface area contributed by atoms with Crippen LogP contribution >= 0.6 is 0 Å². The van der Waals surface area contributed by atoms with Gasteiger partial charge in [0.05, 0.1) is 0 Å². The van der Waals surface area contributed by atoms with Gasteiger partial charge in [-0.25, -0.2) is 13.2 Å². The van der Waals surface area contributed by atoms with Gasteiger partial charge >= 0.3 is 0 Å². The Hall–Kier alpha value is -1.52.